The maximum Gasteiger partial charge on any atom is 0.340 e. The van der Waals surface area contributed by atoms with E-state index in [0.717, 1.165) is 0 Å². The summed E-state index contributed by atoms with van der Waals surface area (Å²) in [5, 5.41) is 0. The average Bonchev–Trinajstić information content (AvgIpc) is 2.88. The number of aryl methyl sites for hydroxylation is 1. The zero-order valence-corrected chi connectivity index (χ0v) is 12.2. The number of hydrogen-bond acceptors (Lipinski definition) is 4. The molecule has 0 unspecified atom stereocenters. The van der Waals surface area contributed by atoms with E-state index in [4.69, 9.17) is 4.74 Å². The molecule has 1 aromatic carbocycles. The number of aromatic nitrogens is 3. The zero-order chi connectivity index (χ0) is 15.7. The molecule has 2 heterocycles. The van der Waals surface area contributed by atoms with Crippen molar-refractivity contribution in [3.8, 4) is 0 Å². The molecule has 0 fully saturated rings. The van der Waals surface area contributed by atoms with Gasteiger partial charge in [0.15, 0.2) is 5.65 Å². The number of esters is 1. The van der Waals surface area contributed by atoms with E-state index >= 15 is 0 Å². The Bertz CT molecular complexity index is 844. The van der Waals surface area contributed by atoms with Gasteiger partial charge in [-0.2, -0.15) is 0 Å². The lowest BCUT2D eigenvalue weighted by Gasteiger charge is -2.14. The quantitative estimate of drug-likeness (QED) is 0.698. The number of carbonyl (C=O) groups excluding carboxylic acids is 1. The maximum absolute atomic E-state index is 13.7. The minimum absolute atomic E-state index is 0.286. The standard InChI is InChI=1S/C16H14FN3O2/c1-10(12-5-3-4-6-13(12)17)22-16(21)11-7-14-15(18-8-11)20(2)9-19-14/h3-10H,1-2H3/t10-/m1/s1. The average molecular weight is 299 g/mol. The van der Waals surface area contributed by atoms with Gasteiger partial charge in [-0.05, 0) is 19.1 Å². The first-order chi connectivity index (χ1) is 10.6. The van der Waals surface area contributed by atoms with Crippen molar-refractivity contribution in [2.24, 2.45) is 7.05 Å². The molecule has 22 heavy (non-hydrogen) atoms. The number of pyridine rings is 1. The molecule has 0 saturated heterocycles. The van der Waals surface area contributed by atoms with E-state index in [1.54, 1.807) is 42.1 Å². The van der Waals surface area contributed by atoms with E-state index < -0.39 is 17.9 Å². The van der Waals surface area contributed by atoms with Gasteiger partial charge in [0.25, 0.3) is 0 Å². The molecule has 0 N–H and O–H groups in total. The lowest BCUT2D eigenvalue weighted by atomic mass is 10.1. The highest BCUT2D eigenvalue weighted by molar-refractivity contribution is 5.92. The maximum atomic E-state index is 13.7. The van der Waals surface area contributed by atoms with Gasteiger partial charge in [-0.1, -0.05) is 18.2 Å². The number of hydrogen-bond donors (Lipinski definition) is 0. The summed E-state index contributed by atoms with van der Waals surface area (Å²) < 4.78 is 20.7. The molecular formula is C16H14FN3O2. The minimum Gasteiger partial charge on any atom is -0.454 e. The Balaban J connectivity index is 1.82. The van der Waals surface area contributed by atoms with Crippen molar-refractivity contribution in [2.45, 2.75) is 13.0 Å². The number of imidazole rings is 1. The fraction of sp³-hybridized carbons (Fsp3) is 0.188. The van der Waals surface area contributed by atoms with Gasteiger partial charge in [-0.25, -0.2) is 19.2 Å². The molecule has 3 rings (SSSR count). The topological polar surface area (TPSA) is 57.0 Å². The second-order valence-electron chi connectivity index (χ2n) is 4.99. The van der Waals surface area contributed by atoms with Crippen molar-refractivity contribution in [3.05, 3.63) is 59.8 Å². The molecule has 6 heteroatoms. The summed E-state index contributed by atoms with van der Waals surface area (Å²) in [6, 6.07) is 7.82. The molecule has 0 aliphatic carbocycles. The van der Waals surface area contributed by atoms with Crippen LogP contribution in [0.1, 0.15) is 28.9 Å². The van der Waals surface area contributed by atoms with Gasteiger partial charge < -0.3 is 9.30 Å². The Labute approximate surface area is 126 Å². The largest absolute Gasteiger partial charge is 0.454 e. The number of fused-ring (bicyclic) bond motifs is 1. The monoisotopic (exact) mass is 299 g/mol. The molecule has 0 saturated carbocycles. The Hall–Kier alpha value is -2.76. The van der Waals surface area contributed by atoms with Gasteiger partial charge in [0.05, 0.1) is 11.9 Å². The minimum atomic E-state index is -0.687. The van der Waals surface area contributed by atoms with E-state index in [1.165, 1.54) is 12.3 Å². The Kier molecular flexibility index (Phi) is 3.58. The lowest BCUT2D eigenvalue weighted by Crippen LogP contribution is -2.11. The van der Waals surface area contributed by atoms with Crippen molar-refractivity contribution in [1.82, 2.24) is 14.5 Å². The predicted molar refractivity (Wildman–Crippen MR) is 78.7 cm³/mol. The molecule has 0 spiro atoms. The Morgan fingerprint density at radius 3 is 2.86 bits per heavy atom. The second-order valence-corrected chi connectivity index (χ2v) is 4.99. The van der Waals surface area contributed by atoms with Gasteiger partial charge in [-0.3, -0.25) is 0 Å². The summed E-state index contributed by atoms with van der Waals surface area (Å²) in [7, 11) is 1.82. The molecule has 2 aromatic heterocycles. The number of ether oxygens (including phenoxy) is 1. The smallest absolute Gasteiger partial charge is 0.340 e. The van der Waals surface area contributed by atoms with Crippen molar-refractivity contribution < 1.29 is 13.9 Å². The van der Waals surface area contributed by atoms with Crippen LogP contribution in [0.25, 0.3) is 11.2 Å². The normalized spacial score (nSPS) is 12.3. The molecule has 0 bridgehead atoms. The number of halogens is 1. The summed E-state index contributed by atoms with van der Waals surface area (Å²) in [5.74, 6) is -0.961. The molecule has 0 radical (unpaired) electrons. The van der Waals surface area contributed by atoms with E-state index in [0.29, 0.717) is 16.7 Å². The van der Waals surface area contributed by atoms with E-state index in [1.807, 2.05) is 7.05 Å². The SMILES string of the molecule is C[C@@H](OC(=O)c1cnc2c(c1)ncn2C)c1ccccc1F. The molecule has 112 valence electrons. The van der Waals surface area contributed by atoms with E-state index in [9.17, 15) is 9.18 Å². The van der Waals surface area contributed by atoms with Gasteiger partial charge in [0, 0.05) is 18.8 Å². The number of carbonyl (C=O) groups is 1. The Morgan fingerprint density at radius 2 is 2.09 bits per heavy atom. The summed E-state index contributed by atoms with van der Waals surface area (Å²) in [4.78, 5) is 20.5. The third-order valence-electron chi connectivity index (χ3n) is 3.41. The third kappa shape index (κ3) is 2.55. The van der Waals surface area contributed by atoms with Crippen LogP contribution in [0.5, 0.6) is 0 Å². The van der Waals surface area contributed by atoms with Crippen LogP contribution in [0, 0.1) is 5.82 Å². The zero-order valence-electron chi connectivity index (χ0n) is 12.2. The lowest BCUT2D eigenvalue weighted by molar-refractivity contribution is 0.0331. The van der Waals surface area contributed by atoms with Crippen LogP contribution in [-0.4, -0.2) is 20.5 Å². The number of rotatable bonds is 3. The summed E-state index contributed by atoms with van der Waals surface area (Å²) in [6.07, 6.45) is 2.36. The molecule has 0 aliphatic rings. The number of nitrogens with zero attached hydrogens (tertiary/aromatic N) is 3. The van der Waals surface area contributed by atoms with Crippen LogP contribution in [0.4, 0.5) is 4.39 Å². The first kappa shape index (κ1) is 14.2. The number of benzene rings is 1. The fourth-order valence-electron chi connectivity index (χ4n) is 2.22. The summed E-state index contributed by atoms with van der Waals surface area (Å²) >= 11 is 0. The summed E-state index contributed by atoms with van der Waals surface area (Å²) in [6.45, 7) is 1.63. The van der Waals surface area contributed by atoms with Gasteiger partial charge in [-0.15, -0.1) is 0 Å². The predicted octanol–water partition coefficient (Wildman–Crippen LogP) is 3.03. The molecule has 0 amide bonds. The van der Waals surface area contributed by atoms with Gasteiger partial charge in [0.1, 0.15) is 17.4 Å². The van der Waals surface area contributed by atoms with Gasteiger partial charge in [0.2, 0.25) is 0 Å². The molecule has 1 atom stereocenters. The molecule has 0 aliphatic heterocycles. The molecular weight excluding hydrogens is 285 g/mol. The highest BCUT2D eigenvalue weighted by Gasteiger charge is 2.17. The highest BCUT2D eigenvalue weighted by atomic mass is 19.1. The first-order valence-corrected chi connectivity index (χ1v) is 6.78. The summed E-state index contributed by atoms with van der Waals surface area (Å²) in [5.41, 5.74) is 1.91. The van der Waals surface area contributed by atoms with Crippen molar-refractivity contribution in [2.75, 3.05) is 0 Å². The second kappa shape index (κ2) is 5.55. The van der Waals surface area contributed by atoms with Crippen LogP contribution in [0.2, 0.25) is 0 Å². The van der Waals surface area contributed by atoms with Crippen molar-refractivity contribution in [1.29, 1.82) is 0 Å². The van der Waals surface area contributed by atoms with Crippen molar-refractivity contribution >= 4 is 17.1 Å². The highest BCUT2D eigenvalue weighted by Crippen LogP contribution is 2.21. The molecule has 3 aromatic rings. The van der Waals surface area contributed by atoms with Crippen LogP contribution in [-0.2, 0) is 11.8 Å². The van der Waals surface area contributed by atoms with Crippen LogP contribution in [0.3, 0.4) is 0 Å². The van der Waals surface area contributed by atoms with Crippen LogP contribution >= 0.6 is 0 Å². The van der Waals surface area contributed by atoms with Crippen molar-refractivity contribution in [3.63, 3.8) is 0 Å². The third-order valence-corrected chi connectivity index (χ3v) is 3.41. The van der Waals surface area contributed by atoms with E-state index in [-0.39, 0.29) is 5.56 Å². The van der Waals surface area contributed by atoms with Crippen LogP contribution in [0.15, 0.2) is 42.9 Å². The van der Waals surface area contributed by atoms with Crippen LogP contribution < -0.4 is 0 Å². The van der Waals surface area contributed by atoms with E-state index in [2.05, 4.69) is 9.97 Å². The first-order valence-electron chi connectivity index (χ1n) is 6.78. The molecule has 5 nitrogen and oxygen atoms in total. The Morgan fingerprint density at radius 1 is 1.32 bits per heavy atom. The van der Waals surface area contributed by atoms with Gasteiger partial charge >= 0.3 is 5.97 Å². The fourth-order valence-corrected chi connectivity index (χ4v) is 2.22.